The summed E-state index contributed by atoms with van der Waals surface area (Å²) < 4.78 is 0. The van der Waals surface area contributed by atoms with E-state index >= 15 is 0 Å². The average molecular weight is 269 g/mol. The highest BCUT2D eigenvalue weighted by Crippen LogP contribution is 2.11. The Morgan fingerprint density at radius 3 is 2.67 bits per heavy atom. The summed E-state index contributed by atoms with van der Waals surface area (Å²) in [6.45, 7) is 1.17. The number of hydrogen-bond donors (Lipinski definition) is 3. The number of thioether (sulfide) groups is 1. The van der Waals surface area contributed by atoms with Crippen molar-refractivity contribution in [3.63, 3.8) is 0 Å². The van der Waals surface area contributed by atoms with Crippen LogP contribution in [0, 0.1) is 0 Å². The molecule has 0 saturated carbocycles. The zero-order chi connectivity index (χ0) is 13.4. The summed E-state index contributed by atoms with van der Waals surface area (Å²) in [5.74, 6) is 0.991. The molecule has 0 aliphatic carbocycles. The Morgan fingerprint density at radius 2 is 2.06 bits per heavy atom. The van der Waals surface area contributed by atoms with Gasteiger partial charge in [-0.05, 0) is 12.5 Å². The number of nitrogens with one attached hydrogen (secondary N) is 1. The van der Waals surface area contributed by atoms with Crippen LogP contribution in [0.3, 0.4) is 0 Å². The number of aliphatic hydroxyl groups excluding tert-OH is 1. The molecule has 0 fully saturated rings. The predicted octanol–water partition coefficient (Wildman–Crippen LogP) is 0.779. The molecule has 5 heteroatoms. The highest BCUT2D eigenvalue weighted by atomic mass is 32.2. The highest BCUT2D eigenvalue weighted by molar-refractivity contribution is 7.99. The first kappa shape index (κ1) is 15.0. The molecule has 0 radical (unpaired) electrons. The Hall–Kier alpha value is -1.04. The van der Waals surface area contributed by atoms with Crippen LogP contribution in [-0.2, 0) is 10.5 Å². The lowest BCUT2D eigenvalue weighted by atomic mass is 10.1. The van der Waals surface area contributed by atoms with Crippen molar-refractivity contribution in [3.8, 4) is 0 Å². The number of carbonyl (C=O) groups is 1. The van der Waals surface area contributed by atoms with Gasteiger partial charge in [-0.25, -0.2) is 0 Å². The van der Waals surface area contributed by atoms with Crippen molar-refractivity contribution in [2.24, 2.45) is 0 Å². The molecule has 1 aromatic carbocycles. The lowest BCUT2D eigenvalue weighted by Crippen LogP contribution is -2.43. The minimum absolute atomic E-state index is 0.0637. The van der Waals surface area contributed by atoms with Crippen LogP contribution in [0.15, 0.2) is 30.3 Å². The van der Waals surface area contributed by atoms with Crippen molar-refractivity contribution in [1.29, 1.82) is 0 Å². The standard InChI is InChI=1S/C13H19NO3S/c1-13(17,10-15)9-14-12(16)8-18-7-11-5-3-2-4-6-11/h2-6,15,17H,7-10H2,1H3,(H,14,16). The van der Waals surface area contributed by atoms with Gasteiger partial charge in [0.1, 0.15) is 5.60 Å². The molecule has 1 rings (SSSR count). The molecule has 0 aliphatic rings. The van der Waals surface area contributed by atoms with E-state index in [-0.39, 0.29) is 19.1 Å². The van der Waals surface area contributed by atoms with Crippen molar-refractivity contribution in [1.82, 2.24) is 5.32 Å². The molecule has 4 nitrogen and oxygen atoms in total. The van der Waals surface area contributed by atoms with Crippen molar-refractivity contribution < 1.29 is 15.0 Å². The summed E-state index contributed by atoms with van der Waals surface area (Å²) in [7, 11) is 0. The lowest BCUT2D eigenvalue weighted by Gasteiger charge is -2.20. The fourth-order valence-electron chi connectivity index (χ4n) is 1.23. The van der Waals surface area contributed by atoms with Gasteiger partial charge in [-0.3, -0.25) is 4.79 Å². The molecule has 18 heavy (non-hydrogen) atoms. The predicted molar refractivity (Wildman–Crippen MR) is 73.3 cm³/mol. The number of amides is 1. The molecule has 1 amide bonds. The van der Waals surface area contributed by atoms with E-state index in [0.717, 1.165) is 5.75 Å². The second-order valence-corrected chi connectivity index (χ2v) is 5.40. The van der Waals surface area contributed by atoms with Crippen molar-refractivity contribution in [3.05, 3.63) is 35.9 Å². The molecule has 1 atom stereocenters. The third-order valence-corrected chi connectivity index (χ3v) is 3.36. The Balaban J connectivity index is 2.18. The zero-order valence-corrected chi connectivity index (χ0v) is 11.2. The van der Waals surface area contributed by atoms with Crippen LogP contribution >= 0.6 is 11.8 Å². The Kier molecular flexibility index (Phi) is 6.18. The first-order chi connectivity index (χ1) is 8.53. The lowest BCUT2D eigenvalue weighted by molar-refractivity contribution is -0.120. The molecule has 0 aliphatic heterocycles. The first-order valence-electron chi connectivity index (χ1n) is 5.75. The van der Waals surface area contributed by atoms with Gasteiger partial charge in [-0.15, -0.1) is 11.8 Å². The number of carbonyl (C=O) groups excluding carboxylic acids is 1. The first-order valence-corrected chi connectivity index (χ1v) is 6.90. The minimum Gasteiger partial charge on any atom is -0.393 e. The van der Waals surface area contributed by atoms with E-state index in [1.807, 2.05) is 30.3 Å². The van der Waals surface area contributed by atoms with Crippen LogP contribution in [0.2, 0.25) is 0 Å². The number of benzene rings is 1. The van der Waals surface area contributed by atoms with Gasteiger partial charge in [0.25, 0.3) is 0 Å². The fraction of sp³-hybridized carbons (Fsp3) is 0.462. The average Bonchev–Trinajstić information content (AvgIpc) is 2.38. The van der Waals surface area contributed by atoms with Gasteiger partial charge in [0, 0.05) is 12.3 Å². The van der Waals surface area contributed by atoms with Gasteiger partial charge in [-0.1, -0.05) is 30.3 Å². The summed E-state index contributed by atoms with van der Waals surface area (Å²) in [6.07, 6.45) is 0. The molecule has 1 unspecified atom stereocenters. The van der Waals surface area contributed by atoms with E-state index in [4.69, 9.17) is 5.11 Å². The molecular formula is C13H19NO3S. The van der Waals surface area contributed by atoms with Crippen LogP contribution in [0.25, 0.3) is 0 Å². The van der Waals surface area contributed by atoms with Crippen LogP contribution < -0.4 is 5.32 Å². The molecule has 1 aromatic rings. The molecule has 0 heterocycles. The maximum Gasteiger partial charge on any atom is 0.230 e. The molecule has 0 spiro atoms. The topological polar surface area (TPSA) is 69.6 Å². The third kappa shape index (κ3) is 6.05. The van der Waals surface area contributed by atoms with Gasteiger partial charge in [-0.2, -0.15) is 0 Å². The second kappa shape index (κ2) is 7.41. The largest absolute Gasteiger partial charge is 0.393 e. The summed E-state index contributed by atoms with van der Waals surface area (Å²) in [5.41, 5.74) is -0.0719. The smallest absolute Gasteiger partial charge is 0.230 e. The number of hydrogen-bond acceptors (Lipinski definition) is 4. The summed E-state index contributed by atoms with van der Waals surface area (Å²) in [5, 5.41) is 20.9. The summed E-state index contributed by atoms with van der Waals surface area (Å²) in [6, 6.07) is 9.92. The van der Waals surface area contributed by atoms with Gasteiger partial charge in [0.05, 0.1) is 12.4 Å². The van der Waals surface area contributed by atoms with E-state index < -0.39 is 5.60 Å². The quantitative estimate of drug-likeness (QED) is 0.684. The minimum atomic E-state index is -1.25. The van der Waals surface area contributed by atoms with Crippen molar-refractivity contribution >= 4 is 17.7 Å². The monoisotopic (exact) mass is 269 g/mol. The van der Waals surface area contributed by atoms with E-state index in [1.165, 1.54) is 24.2 Å². The van der Waals surface area contributed by atoms with Gasteiger partial charge in [0.15, 0.2) is 0 Å². The summed E-state index contributed by atoms with van der Waals surface area (Å²) in [4.78, 5) is 11.5. The SMILES string of the molecule is CC(O)(CO)CNC(=O)CSCc1ccccc1. The Morgan fingerprint density at radius 1 is 1.39 bits per heavy atom. The molecule has 0 aromatic heterocycles. The molecule has 0 saturated heterocycles. The van der Waals surface area contributed by atoms with E-state index in [0.29, 0.717) is 5.75 Å². The normalized spacial score (nSPS) is 13.9. The number of rotatable bonds is 7. The van der Waals surface area contributed by atoms with Gasteiger partial charge >= 0.3 is 0 Å². The highest BCUT2D eigenvalue weighted by Gasteiger charge is 2.19. The third-order valence-electron chi connectivity index (χ3n) is 2.35. The molecule has 3 N–H and O–H groups in total. The zero-order valence-electron chi connectivity index (χ0n) is 10.4. The number of aliphatic hydroxyl groups is 2. The van der Waals surface area contributed by atoms with Crippen LogP contribution in [0.1, 0.15) is 12.5 Å². The molecular weight excluding hydrogens is 250 g/mol. The Labute approximate surface area is 111 Å². The summed E-state index contributed by atoms with van der Waals surface area (Å²) >= 11 is 1.52. The maximum absolute atomic E-state index is 11.5. The van der Waals surface area contributed by atoms with Crippen molar-refractivity contribution in [2.75, 3.05) is 18.9 Å². The Bertz CT molecular complexity index is 368. The van der Waals surface area contributed by atoms with Crippen LogP contribution in [-0.4, -0.2) is 40.6 Å². The van der Waals surface area contributed by atoms with Gasteiger partial charge < -0.3 is 15.5 Å². The fourth-order valence-corrected chi connectivity index (χ4v) is 2.05. The molecule has 100 valence electrons. The van der Waals surface area contributed by atoms with Gasteiger partial charge in [0.2, 0.25) is 5.91 Å². The van der Waals surface area contributed by atoms with Crippen LogP contribution in [0.5, 0.6) is 0 Å². The van der Waals surface area contributed by atoms with Crippen LogP contribution in [0.4, 0.5) is 0 Å². The molecule has 0 bridgehead atoms. The van der Waals surface area contributed by atoms with E-state index in [9.17, 15) is 9.90 Å². The van der Waals surface area contributed by atoms with E-state index in [1.54, 1.807) is 0 Å². The van der Waals surface area contributed by atoms with E-state index in [2.05, 4.69) is 5.32 Å². The second-order valence-electron chi connectivity index (χ2n) is 4.41. The van der Waals surface area contributed by atoms with Crippen molar-refractivity contribution in [2.45, 2.75) is 18.3 Å². The maximum atomic E-state index is 11.5.